The molecule has 0 aliphatic carbocycles. The van der Waals surface area contributed by atoms with Crippen molar-refractivity contribution in [3.63, 3.8) is 0 Å². The zero-order valence-electron chi connectivity index (χ0n) is 25.3. The van der Waals surface area contributed by atoms with Crippen LogP contribution in [0.5, 0.6) is 11.5 Å². The minimum absolute atomic E-state index is 0.0762. The van der Waals surface area contributed by atoms with Crippen molar-refractivity contribution in [1.82, 2.24) is 24.9 Å². The first kappa shape index (κ1) is 32.6. The Bertz CT molecular complexity index is 1880. The Labute approximate surface area is 262 Å². The summed E-state index contributed by atoms with van der Waals surface area (Å²) < 4.78 is 79.3. The van der Waals surface area contributed by atoms with Crippen molar-refractivity contribution in [1.29, 1.82) is 0 Å². The number of benzene rings is 2. The van der Waals surface area contributed by atoms with Crippen LogP contribution in [0.15, 0.2) is 76.3 Å². The first-order chi connectivity index (χ1) is 21.6. The molecule has 0 atom stereocenters. The lowest BCUT2D eigenvalue weighted by atomic mass is 10.0. The lowest BCUT2D eigenvalue weighted by Gasteiger charge is -2.27. The summed E-state index contributed by atoms with van der Waals surface area (Å²) in [6.45, 7) is 6.29. The van der Waals surface area contributed by atoms with Gasteiger partial charge < -0.3 is 14.2 Å². The third-order valence-corrected chi connectivity index (χ3v) is 9.33. The molecule has 3 amide bonds. The average molecular weight is 658 g/mol. The number of rotatable bonds is 10. The zero-order valence-corrected chi connectivity index (χ0v) is 26.1. The van der Waals surface area contributed by atoms with E-state index in [9.17, 15) is 31.2 Å². The molecular formula is C31H30F3N5O6S. The van der Waals surface area contributed by atoms with Crippen molar-refractivity contribution in [3.05, 3.63) is 84.0 Å². The van der Waals surface area contributed by atoms with Gasteiger partial charge in [-0.05, 0) is 62.2 Å². The molecule has 1 aliphatic heterocycles. The number of imide groups is 1. The van der Waals surface area contributed by atoms with Gasteiger partial charge in [-0.1, -0.05) is 37.2 Å². The lowest BCUT2D eigenvalue weighted by molar-refractivity contribution is -0.138. The van der Waals surface area contributed by atoms with Gasteiger partial charge in [0.25, 0.3) is 5.91 Å². The normalized spacial score (nSPS) is 15.2. The van der Waals surface area contributed by atoms with E-state index < -0.39 is 51.3 Å². The van der Waals surface area contributed by atoms with E-state index in [1.165, 1.54) is 35.2 Å². The highest BCUT2D eigenvalue weighted by atomic mass is 32.2. The van der Waals surface area contributed by atoms with E-state index in [0.717, 1.165) is 17.0 Å². The molecule has 0 radical (unpaired) electrons. The van der Waals surface area contributed by atoms with Crippen LogP contribution in [0.2, 0.25) is 0 Å². The number of amides is 3. The van der Waals surface area contributed by atoms with Gasteiger partial charge in [0.05, 0.1) is 23.6 Å². The Morgan fingerprint density at radius 2 is 1.70 bits per heavy atom. The number of hydrogen-bond acceptors (Lipinski definition) is 9. The van der Waals surface area contributed by atoms with Gasteiger partial charge in [0.15, 0.2) is 9.84 Å². The number of urea groups is 1. The number of alkyl halides is 3. The van der Waals surface area contributed by atoms with Gasteiger partial charge in [-0.15, -0.1) is 0 Å². The second kappa shape index (κ2) is 12.2. The molecule has 0 bridgehead atoms. The van der Waals surface area contributed by atoms with E-state index in [-0.39, 0.29) is 46.1 Å². The van der Waals surface area contributed by atoms with Crippen LogP contribution in [0, 0.1) is 5.92 Å². The number of carbonyl (C=O) groups excluding carboxylic acids is 2. The summed E-state index contributed by atoms with van der Waals surface area (Å²) >= 11 is 0. The molecule has 2 aromatic heterocycles. The van der Waals surface area contributed by atoms with E-state index in [1.54, 1.807) is 52.1 Å². The molecule has 0 N–H and O–H groups in total. The Morgan fingerprint density at radius 3 is 2.37 bits per heavy atom. The van der Waals surface area contributed by atoms with Gasteiger partial charge in [0.1, 0.15) is 28.5 Å². The molecule has 2 aromatic carbocycles. The second-order valence-corrected chi connectivity index (χ2v) is 13.6. The summed E-state index contributed by atoms with van der Waals surface area (Å²) in [6.07, 6.45) is -3.33. The molecule has 15 heteroatoms. The maximum Gasteiger partial charge on any atom is 0.420 e. The molecule has 3 heterocycles. The van der Waals surface area contributed by atoms with Gasteiger partial charge >= 0.3 is 12.2 Å². The van der Waals surface area contributed by atoms with Gasteiger partial charge in [-0.2, -0.15) is 18.2 Å². The number of hydrogen-bond donors (Lipinski definition) is 0. The monoisotopic (exact) mass is 657 g/mol. The SMILES string of the molecule is CC(C)CS(=O)(=O)c1ccccc1Oc1ccc(-c2noc(CN3C(=O)N(Cc4ccccn4)C(C)(C)C3=O)n2)cc1C(F)(F)F. The third-order valence-electron chi connectivity index (χ3n) is 7.21. The number of pyridine rings is 1. The molecule has 0 spiro atoms. The van der Waals surface area contributed by atoms with E-state index in [0.29, 0.717) is 5.69 Å². The standard InChI is InChI=1S/C31H30F3N5O6S/c1-19(2)18-46(42,43)25-11-6-5-10-24(25)44-23-13-12-20(15-22(23)31(32,33)34)27-36-26(45-37-27)17-38-28(40)30(3,4)39(29(38)41)16-21-9-7-8-14-35-21/h5-15,19H,16-18H2,1-4H3. The lowest BCUT2D eigenvalue weighted by Crippen LogP contribution is -2.43. The van der Waals surface area contributed by atoms with Crippen LogP contribution in [0.3, 0.4) is 0 Å². The maximum absolute atomic E-state index is 14.2. The summed E-state index contributed by atoms with van der Waals surface area (Å²) in [5, 5.41) is 3.77. The van der Waals surface area contributed by atoms with Crippen molar-refractivity contribution in [2.75, 3.05) is 5.75 Å². The second-order valence-electron chi connectivity index (χ2n) is 11.6. The van der Waals surface area contributed by atoms with Gasteiger partial charge in [0.2, 0.25) is 11.7 Å². The van der Waals surface area contributed by atoms with E-state index >= 15 is 0 Å². The summed E-state index contributed by atoms with van der Waals surface area (Å²) in [7, 11) is -3.85. The molecule has 46 heavy (non-hydrogen) atoms. The van der Waals surface area contributed by atoms with Crippen molar-refractivity contribution < 1.29 is 40.4 Å². The minimum Gasteiger partial charge on any atom is -0.455 e. The highest BCUT2D eigenvalue weighted by Gasteiger charge is 2.51. The minimum atomic E-state index is -4.90. The van der Waals surface area contributed by atoms with Crippen LogP contribution in [0.1, 0.15) is 44.8 Å². The van der Waals surface area contributed by atoms with Crippen LogP contribution in [-0.4, -0.2) is 56.6 Å². The molecule has 1 saturated heterocycles. The fraction of sp³-hybridized carbons (Fsp3) is 0.323. The Balaban J connectivity index is 1.40. The first-order valence-corrected chi connectivity index (χ1v) is 15.8. The van der Waals surface area contributed by atoms with Crippen molar-refractivity contribution >= 4 is 21.8 Å². The smallest absolute Gasteiger partial charge is 0.420 e. The quantitative estimate of drug-likeness (QED) is 0.185. The number of nitrogens with zero attached hydrogens (tertiary/aromatic N) is 5. The molecule has 1 fully saturated rings. The van der Waals surface area contributed by atoms with Crippen molar-refractivity contribution in [3.8, 4) is 22.9 Å². The summed E-state index contributed by atoms with van der Waals surface area (Å²) in [4.78, 5) is 36.8. The predicted molar refractivity (Wildman–Crippen MR) is 158 cm³/mol. The first-order valence-electron chi connectivity index (χ1n) is 14.1. The third kappa shape index (κ3) is 6.59. The maximum atomic E-state index is 14.2. The van der Waals surface area contributed by atoms with E-state index in [1.807, 2.05) is 0 Å². The number of carbonyl (C=O) groups is 2. The molecule has 0 unspecified atom stereocenters. The van der Waals surface area contributed by atoms with Gasteiger partial charge in [0, 0.05) is 11.8 Å². The van der Waals surface area contributed by atoms with Crippen molar-refractivity contribution in [2.45, 2.75) is 57.4 Å². The molecule has 11 nitrogen and oxygen atoms in total. The summed E-state index contributed by atoms with van der Waals surface area (Å²) in [6, 6.07) is 13.1. The van der Waals surface area contributed by atoms with Crippen LogP contribution < -0.4 is 4.74 Å². The Kier molecular flexibility index (Phi) is 8.64. The summed E-state index contributed by atoms with van der Waals surface area (Å²) in [5.74, 6) is -2.24. The fourth-order valence-corrected chi connectivity index (χ4v) is 6.72. The number of para-hydroxylation sites is 1. The molecular weight excluding hydrogens is 627 g/mol. The number of sulfone groups is 1. The number of ether oxygens (including phenoxy) is 1. The number of aromatic nitrogens is 3. The molecule has 5 rings (SSSR count). The average Bonchev–Trinajstić information content (AvgIpc) is 3.51. The fourth-order valence-electron chi connectivity index (χ4n) is 4.97. The molecule has 0 saturated carbocycles. The summed E-state index contributed by atoms with van der Waals surface area (Å²) in [5.41, 5.74) is -1.93. The predicted octanol–water partition coefficient (Wildman–Crippen LogP) is 6.12. The number of halogens is 3. The van der Waals surface area contributed by atoms with Crippen molar-refractivity contribution in [2.24, 2.45) is 5.92 Å². The highest BCUT2D eigenvalue weighted by molar-refractivity contribution is 7.91. The zero-order chi connectivity index (χ0) is 33.4. The Hall–Kier alpha value is -4.79. The van der Waals surface area contributed by atoms with Crippen LogP contribution in [0.4, 0.5) is 18.0 Å². The largest absolute Gasteiger partial charge is 0.455 e. The van der Waals surface area contributed by atoms with E-state index in [2.05, 4.69) is 15.1 Å². The molecule has 242 valence electrons. The highest BCUT2D eigenvalue weighted by Crippen LogP contribution is 2.41. The van der Waals surface area contributed by atoms with E-state index in [4.69, 9.17) is 9.26 Å². The molecule has 1 aliphatic rings. The van der Waals surface area contributed by atoms with Gasteiger partial charge in [-0.3, -0.25) is 14.7 Å². The van der Waals surface area contributed by atoms with Gasteiger partial charge in [-0.25, -0.2) is 13.2 Å². The molecule has 4 aromatic rings. The topological polar surface area (TPSA) is 136 Å². The van der Waals surface area contributed by atoms with Crippen LogP contribution in [-0.2, 0) is 33.9 Å². The van der Waals surface area contributed by atoms with Crippen LogP contribution >= 0.6 is 0 Å². The Morgan fingerprint density at radius 1 is 0.978 bits per heavy atom. The van der Waals surface area contributed by atoms with Crippen LogP contribution in [0.25, 0.3) is 11.4 Å².